The summed E-state index contributed by atoms with van der Waals surface area (Å²) < 4.78 is 28.6. The number of carbonyl (C=O) groups excluding carboxylic acids is 1. The Morgan fingerprint density at radius 3 is 2.79 bits per heavy atom. The third-order valence-electron chi connectivity index (χ3n) is 5.79. The average Bonchev–Trinajstić information content (AvgIpc) is 3.27. The van der Waals surface area contributed by atoms with Crippen LogP contribution in [0.25, 0.3) is 11.0 Å². The van der Waals surface area contributed by atoms with Gasteiger partial charge in [0.1, 0.15) is 11.6 Å². The molecule has 2 aliphatic rings. The highest BCUT2D eigenvalue weighted by atomic mass is 32.2. The first-order valence-corrected chi connectivity index (χ1v) is 11.5. The number of carbonyl (C=O) groups is 1. The number of aromatic nitrogens is 2. The molecule has 0 radical (unpaired) electrons. The second-order valence-corrected chi connectivity index (χ2v) is 9.88. The van der Waals surface area contributed by atoms with Crippen LogP contribution in [-0.4, -0.2) is 66.9 Å². The SMILES string of the molecule is COc1ccc2nc(CNC(=O)C3CCN([C@H]4CCS(=O)(=O)C4)CC3)[nH]c2c1. The van der Waals surface area contributed by atoms with Gasteiger partial charge in [-0.05, 0) is 44.5 Å². The number of imidazole rings is 1. The molecule has 1 atom stereocenters. The molecule has 8 nitrogen and oxygen atoms in total. The first kappa shape index (κ1) is 19.2. The molecule has 0 spiro atoms. The van der Waals surface area contributed by atoms with Gasteiger partial charge in [0, 0.05) is 18.0 Å². The van der Waals surface area contributed by atoms with Crippen LogP contribution in [-0.2, 0) is 21.2 Å². The van der Waals surface area contributed by atoms with E-state index in [4.69, 9.17) is 4.74 Å². The summed E-state index contributed by atoms with van der Waals surface area (Å²) in [5, 5.41) is 2.98. The normalized spacial score (nSPS) is 23.1. The lowest BCUT2D eigenvalue weighted by Crippen LogP contribution is -2.45. The zero-order valence-electron chi connectivity index (χ0n) is 16.0. The number of aromatic amines is 1. The van der Waals surface area contributed by atoms with Crippen molar-refractivity contribution in [3.05, 3.63) is 24.0 Å². The molecule has 4 rings (SSSR count). The Kier molecular flexibility index (Phi) is 5.29. The summed E-state index contributed by atoms with van der Waals surface area (Å²) in [6, 6.07) is 5.75. The van der Waals surface area contributed by atoms with E-state index in [0.717, 1.165) is 49.1 Å². The summed E-state index contributed by atoms with van der Waals surface area (Å²) in [5.74, 6) is 2.04. The minimum absolute atomic E-state index is 0.0290. The first-order valence-electron chi connectivity index (χ1n) is 9.68. The number of piperidine rings is 1. The Balaban J connectivity index is 1.28. The molecular weight excluding hydrogens is 380 g/mol. The smallest absolute Gasteiger partial charge is 0.223 e. The molecule has 2 aliphatic heterocycles. The van der Waals surface area contributed by atoms with Gasteiger partial charge in [0.25, 0.3) is 0 Å². The van der Waals surface area contributed by atoms with E-state index >= 15 is 0 Å². The number of likely N-dealkylation sites (tertiary alicyclic amines) is 1. The summed E-state index contributed by atoms with van der Waals surface area (Å²) in [5.41, 5.74) is 1.72. The number of fused-ring (bicyclic) bond motifs is 1. The summed E-state index contributed by atoms with van der Waals surface area (Å²) in [4.78, 5) is 22.5. The molecule has 0 bridgehead atoms. The van der Waals surface area contributed by atoms with Crippen LogP contribution < -0.4 is 10.1 Å². The number of nitrogens with zero attached hydrogens (tertiary/aromatic N) is 2. The zero-order chi connectivity index (χ0) is 19.7. The van der Waals surface area contributed by atoms with Crippen LogP contribution >= 0.6 is 0 Å². The van der Waals surface area contributed by atoms with Crippen molar-refractivity contribution in [2.75, 3.05) is 31.7 Å². The molecule has 2 fully saturated rings. The largest absolute Gasteiger partial charge is 0.497 e. The fraction of sp³-hybridized carbons (Fsp3) is 0.579. The zero-order valence-corrected chi connectivity index (χ0v) is 16.8. The van der Waals surface area contributed by atoms with Crippen molar-refractivity contribution in [1.82, 2.24) is 20.2 Å². The molecule has 3 heterocycles. The second kappa shape index (κ2) is 7.71. The highest BCUT2D eigenvalue weighted by Crippen LogP contribution is 2.25. The van der Waals surface area contributed by atoms with Crippen LogP contribution in [0.4, 0.5) is 0 Å². The number of sulfone groups is 1. The number of rotatable bonds is 5. The maximum atomic E-state index is 12.5. The van der Waals surface area contributed by atoms with Crippen LogP contribution in [0.5, 0.6) is 5.75 Å². The number of amides is 1. The Morgan fingerprint density at radius 2 is 2.11 bits per heavy atom. The summed E-state index contributed by atoms with van der Waals surface area (Å²) in [7, 11) is -1.25. The molecule has 0 unspecified atom stereocenters. The second-order valence-electron chi connectivity index (χ2n) is 7.65. The lowest BCUT2D eigenvalue weighted by atomic mass is 9.94. The topological polar surface area (TPSA) is 104 Å². The number of nitrogens with one attached hydrogen (secondary N) is 2. The molecule has 2 aromatic rings. The number of hydrogen-bond donors (Lipinski definition) is 2. The van der Waals surface area contributed by atoms with E-state index in [2.05, 4.69) is 20.2 Å². The standard InChI is InChI=1S/C19H26N4O4S/c1-27-15-2-3-16-17(10-15)22-18(21-16)11-20-19(24)13-4-7-23(8-5-13)14-6-9-28(25,26)12-14/h2-3,10,13-14H,4-9,11-12H2,1H3,(H,20,24)(H,21,22)/t14-/m0/s1. The van der Waals surface area contributed by atoms with Crippen molar-refractivity contribution in [3.8, 4) is 5.75 Å². The van der Waals surface area contributed by atoms with Crippen molar-refractivity contribution in [2.45, 2.75) is 31.8 Å². The van der Waals surface area contributed by atoms with Gasteiger partial charge in [-0.1, -0.05) is 0 Å². The third-order valence-corrected chi connectivity index (χ3v) is 7.54. The van der Waals surface area contributed by atoms with Crippen molar-refractivity contribution >= 4 is 26.8 Å². The fourth-order valence-corrected chi connectivity index (χ4v) is 5.92. The first-order chi connectivity index (χ1) is 13.4. The van der Waals surface area contributed by atoms with E-state index in [0.29, 0.717) is 18.1 Å². The van der Waals surface area contributed by atoms with Gasteiger partial charge in [-0.2, -0.15) is 0 Å². The molecule has 0 saturated carbocycles. The molecule has 28 heavy (non-hydrogen) atoms. The van der Waals surface area contributed by atoms with E-state index in [-0.39, 0.29) is 23.6 Å². The predicted octanol–water partition coefficient (Wildman–Crippen LogP) is 1.09. The van der Waals surface area contributed by atoms with E-state index in [1.54, 1.807) is 7.11 Å². The highest BCUT2D eigenvalue weighted by molar-refractivity contribution is 7.91. The quantitative estimate of drug-likeness (QED) is 0.770. The van der Waals surface area contributed by atoms with Crippen molar-refractivity contribution in [2.24, 2.45) is 5.92 Å². The maximum Gasteiger partial charge on any atom is 0.223 e. The van der Waals surface area contributed by atoms with Crippen LogP contribution in [0.3, 0.4) is 0 Å². The molecule has 1 aromatic heterocycles. The average molecular weight is 407 g/mol. The minimum Gasteiger partial charge on any atom is -0.497 e. The van der Waals surface area contributed by atoms with Crippen LogP contribution in [0.2, 0.25) is 0 Å². The summed E-state index contributed by atoms with van der Waals surface area (Å²) >= 11 is 0. The lowest BCUT2D eigenvalue weighted by molar-refractivity contribution is -0.126. The van der Waals surface area contributed by atoms with Gasteiger partial charge in [0.15, 0.2) is 9.84 Å². The van der Waals surface area contributed by atoms with Crippen LogP contribution in [0.15, 0.2) is 18.2 Å². The number of ether oxygens (including phenoxy) is 1. The summed E-state index contributed by atoms with van der Waals surface area (Å²) in [6.45, 7) is 1.92. The number of H-pyrrole nitrogens is 1. The number of methoxy groups -OCH3 is 1. The predicted molar refractivity (Wildman–Crippen MR) is 106 cm³/mol. The van der Waals surface area contributed by atoms with E-state index in [9.17, 15) is 13.2 Å². The Hall–Kier alpha value is -2.13. The molecule has 1 aromatic carbocycles. The lowest BCUT2D eigenvalue weighted by Gasteiger charge is -2.34. The molecule has 2 saturated heterocycles. The van der Waals surface area contributed by atoms with Gasteiger partial charge in [0.05, 0.1) is 36.2 Å². The van der Waals surface area contributed by atoms with Gasteiger partial charge >= 0.3 is 0 Å². The molecule has 2 N–H and O–H groups in total. The van der Waals surface area contributed by atoms with Crippen molar-refractivity contribution in [3.63, 3.8) is 0 Å². The Labute approximate surface area is 164 Å². The maximum absolute atomic E-state index is 12.5. The van der Waals surface area contributed by atoms with Gasteiger partial charge in [0.2, 0.25) is 5.91 Å². The molecule has 0 aliphatic carbocycles. The Morgan fingerprint density at radius 1 is 1.32 bits per heavy atom. The Bertz CT molecular complexity index is 963. The van der Waals surface area contributed by atoms with Gasteiger partial charge in [-0.25, -0.2) is 13.4 Å². The molecular formula is C19H26N4O4S. The van der Waals surface area contributed by atoms with Crippen molar-refractivity contribution in [1.29, 1.82) is 0 Å². The highest BCUT2D eigenvalue weighted by Gasteiger charge is 2.35. The number of hydrogen-bond acceptors (Lipinski definition) is 6. The monoisotopic (exact) mass is 406 g/mol. The minimum atomic E-state index is -2.87. The molecule has 152 valence electrons. The van der Waals surface area contributed by atoms with Gasteiger partial charge in [-0.15, -0.1) is 0 Å². The van der Waals surface area contributed by atoms with E-state index in [1.807, 2.05) is 18.2 Å². The van der Waals surface area contributed by atoms with Gasteiger partial charge < -0.3 is 15.0 Å². The van der Waals surface area contributed by atoms with Crippen LogP contribution in [0, 0.1) is 5.92 Å². The van der Waals surface area contributed by atoms with Crippen LogP contribution in [0.1, 0.15) is 25.1 Å². The summed E-state index contributed by atoms with van der Waals surface area (Å²) in [6.07, 6.45) is 2.25. The van der Waals surface area contributed by atoms with Crippen molar-refractivity contribution < 1.29 is 17.9 Å². The molecule has 9 heteroatoms. The third kappa shape index (κ3) is 4.15. The van der Waals surface area contributed by atoms with Gasteiger partial charge in [-0.3, -0.25) is 9.69 Å². The fourth-order valence-electron chi connectivity index (χ4n) is 4.16. The van der Waals surface area contributed by atoms with E-state index < -0.39 is 9.84 Å². The molecule has 1 amide bonds. The number of benzene rings is 1. The van der Waals surface area contributed by atoms with E-state index in [1.165, 1.54) is 0 Å².